The van der Waals surface area contributed by atoms with Crippen LogP contribution in [0.25, 0.3) is 0 Å². The minimum Gasteiger partial charge on any atom is -0.475 e. The van der Waals surface area contributed by atoms with Crippen molar-refractivity contribution in [1.29, 1.82) is 0 Å². The fourth-order valence-electron chi connectivity index (χ4n) is 3.62. The predicted octanol–water partition coefficient (Wildman–Crippen LogP) is 1.78. The van der Waals surface area contributed by atoms with Crippen molar-refractivity contribution in [3.05, 3.63) is 30.1 Å². The first kappa shape index (κ1) is 24.5. The number of carboxylic acid groups (broad SMARTS) is 1. The van der Waals surface area contributed by atoms with E-state index in [4.69, 9.17) is 14.6 Å². The highest BCUT2D eigenvalue weighted by Gasteiger charge is 2.43. The van der Waals surface area contributed by atoms with E-state index < -0.39 is 22.2 Å². The number of aromatic nitrogens is 1. The van der Waals surface area contributed by atoms with Crippen molar-refractivity contribution >= 4 is 16.0 Å². The molecule has 0 aromatic carbocycles. The Hall–Kier alpha value is -1.76. The van der Waals surface area contributed by atoms with Gasteiger partial charge in [-0.25, -0.2) is 17.9 Å². The number of rotatable bonds is 5. The van der Waals surface area contributed by atoms with Crippen LogP contribution in [0.4, 0.5) is 13.2 Å². The van der Waals surface area contributed by atoms with Crippen molar-refractivity contribution in [3.63, 3.8) is 0 Å². The highest BCUT2D eigenvalue weighted by molar-refractivity contribution is 7.88. The molecule has 0 amide bonds. The Kier molecular flexibility index (Phi) is 8.20. The zero-order chi connectivity index (χ0) is 22.4. The van der Waals surface area contributed by atoms with Gasteiger partial charge >= 0.3 is 12.1 Å². The Bertz CT molecular complexity index is 807. The van der Waals surface area contributed by atoms with Gasteiger partial charge in [-0.3, -0.25) is 9.88 Å². The lowest BCUT2D eigenvalue weighted by molar-refractivity contribution is -0.192. The molecule has 1 spiro atoms. The maximum absolute atomic E-state index is 11.3. The summed E-state index contributed by atoms with van der Waals surface area (Å²) in [4.78, 5) is 15.5. The van der Waals surface area contributed by atoms with Gasteiger partial charge < -0.3 is 9.84 Å². The molecule has 12 heteroatoms. The summed E-state index contributed by atoms with van der Waals surface area (Å²) < 4.78 is 63.1. The summed E-state index contributed by atoms with van der Waals surface area (Å²) in [5, 5.41) is 7.12. The van der Waals surface area contributed by atoms with Crippen LogP contribution >= 0.6 is 0 Å². The first-order chi connectivity index (χ1) is 13.9. The Morgan fingerprint density at radius 3 is 2.70 bits per heavy atom. The molecule has 1 aromatic heterocycles. The number of pyridine rings is 1. The number of likely N-dealkylation sites (tertiary alicyclic amines) is 1. The van der Waals surface area contributed by atoms with E-state index >= 15 is 0 Å². The summed E-state index contributed by atoms with van der Waals surface area (Å²) in [6.07, 6.45) is 3.89. The van der Waals surface area contributed by atoms with E-state index in [1.807, 2.05) is 12.3 Å². The first-order valence-corrected chi connectivity index (χ1v) is 11.3. The van der Waals surface area contributed by atoms with Crippen LogP contribution in [0.3, 0.4) is 0 Å². The van der Waals surface area contributed by atoms with Gasteiger partial charge in [-0.1, -0.05) is 6.07 Å². The van der Waals surface area contributed by atoms with Crippen LogP contribution in [0.2, 0.25) is 0 Å². The molecule has 2 aliphatic heterocycles. The van der Waals surface area contributed by atoms with E-state index in [-0.39, 0.29) is 11.7 Å². The number of nitrogens with one attached hydrogen (secondary N) is 1. The molecule has 1 aromatic rings. The molecule has 2 aliphatic rings. The molecule has 0 radical (unpaired) electrons. The SMILES string of the molecule is CS(=O)(=O)NC[C@@H]1CCC[C@]2(CCN(Cc3cccnc3)C2)O1.O=C(O)C(F)(F)F. The molecule has 0 saturated carbocycles. The third kappa shape index (κ3) is 8.17. The molecule has 170 valence electrons. The lowest BCUT2D eigenvalue weighted by Crippen LogP contribution is -2.46. The van der Waals surface area contributed by atoms with Gasteiger partial charge in [0.15, 0.2) is 0 Å². The highest BCUT2D eigenvalue weighted by Crippen LogP contribution is 2.37. The zero-order valence-corrected chi connectivity index (χ0v) is 17.4. The summed E-state index contributed by atoms with van der Waals surface area (Å²) in [7, 11) is -3.16. The van der Waals surface area contributed by atoms with Crippen LogP contribution in [-0.4, -0.2) is 73.1 Å². The second kappa shape index (κ2) is 10.0. The van der Waals surface area contributed by atoms with Crippen molar-refractivity contribution in [2.24, 2.45) is 0 Å². The predicted molar refractivity (Wildman–Crippen MR) is 102 cm³/mol. The molecule has 0 aliphatic carbocycles. The van der Waals surface area contributed by atoms with Crippen molar-refractivity contribution in [2.45, 2.75) is 50.1 Å². The average Bonchev–Trinajstić information content (AvgIpc) is 3.02. The monoisotopic (exact) mass is 453 g/mol. The van der Waals surface area contributed by atoms with E-state index in [0.29, 0.717) is 6.54 Å². The first-order valence-electron chi connectivity index (χ1n) is 9.42. The number of aliphatic carboxylic acids is 1. The maximum atomic E-state index is 11.3. The molecule has 8 nitrogen and oxygen atoms in total. The minimum absolute atomic E-state index is 0.0168. The number of ether oxygens (including phenoxy) is 1. The normalized spacial score (nSPS) is 25.0. The van der Waals surface area contributed by atoms with Gasteiger partial charge in [0.1, 0.15) is 0 Å². The molecular weight excluding hydrogens is 427 g/mol. The second-order valence-electron chi connectivity index (χ2n) is 7.56. The van der Waals surface area contributed by atoms with Crippen LogP contribution in [-0.2, 0) is 26.1 Å². The van der Waals surface area contributed by atoms with E-state index in [0.717, 1.165) is 45.3 Å². The number of halogens is 3. The lowest BCUT2D eigenvalue weighted by atomic mass is 9.90. The molecule has 2 fully saturated rings. The van der Waals surface area contributed by atoms with Crippen molar-refractivity contribution in [2.75, 3.05) is 25.9 Å². The lowest BCUT2D eigenvalue weighted by Gasteiger charge is -2.38. The van der Waals surface area contributed by atoms with Crippen LogP contribution in [0.1, 0.15) is 31.2 Å². The molecule has 2 atom stereocenters. The summed E-state index contributed by atoms with van der Waals surface area (Å²) >= 11 is 0. The number of nitrogens with zero attached hydrogens (tertiary/aromatic N) is 2. The van der Waals surface area contributed by atoms with E-state index in [2.05, 4.69) is 20.7 Å². The van der Waals surface area contributed by atoms with Crippen LogP contribution in [0.15, 0.2) is 24.5 Å². The number of carbonyl (C=O) groups is 1. The van der Waals surface area contributed by atoms with Gasteiger partial charge in [-0.05, 0) is 37.3 Å². The minimum atomic E-state index is -5.08. The van der Waals surface area contributed by atoms with Crippen LogP contribution in [0.5, 0.6) is 0 Å². The van der Waals surface area contributed by atoms with E-state index in [9.17, 15) is 21.6 Å². The fourth-order valence-corrected chi connectivity index (χ4v) is 4.11. The van der Waals surface area contributed by atoms with E-state index in [1.165, 1.54) is 11.8 Å². The fraction of sp³-hybridized carbons (Fsp3) is 0.667. The van der Waals surface area contributed by atoms with Crippen LogP contribution < -0.4 is 4.72 Å². The largest absolute Gasteiger partial charge is 0.490 e. The Morgan fingerprint density at radius 1 is 1.43 bits per heavy atom. The van der Waals surface area contributed by atoms with Gasteiger partial charge in [0.05, 0.1) is 18.0 Å². The highest BCUT2D eigenvalue weighted by atomic mass is 32.2. The number of alkyl halides is 3. The van der Waals surface area contributed by atoms with Gasteiger partial charge in [-0.2, -0.15) is 13.2 Å². The van der Waals surface area contributed by atoms with Gasteiger partial charge in [-0.15, -0.1) is 0 Å². The number of hydrogen-bond donors (Lipinski definition) is 2. The Balaban J connectivity index is 0.000000396. The zero-order valence-electron chi connectivity index (χ0n) is 16.6. The molecule has 30 heavy (non-hydrogen) atoms. The molecule has 3 rings (SSSR count). The van der Waals surface area contributed by atoms with Gasteiger partial charge in [0.2, 0.25) is 10.0 Å². The summed E-state index contributed by atoms with van der Waals surface area (Å²) in [6, 6.07) is 4.06. The van der Waals surface area contributed by atoms with Crippen molar-refractivity contribution < 1.29 is 36.2 Å². The van der Waals surface area contributed by atoms with Crippen molar-refractivity contribution in [3.8, 4) is 0 Å². The van der Waals surface area contributed by atoms with Crippen molar-refractivity contribution in [1.82, 2.24) is 14.6 Å². The topological polar surface area (TPSA) is 109 Å². The molecule has 3 heterocycles. The number of hydrogen-bond acceptors (Lipinski definition) is 6. The Morgan fingerprint density at radius 2 is 2.13 bits per heavy atom. The number of carboxylic acids is 1. The molecule has 2 N–H and O–H groups in total. The molecule has 0 unspecified atom stereocenters. The Labute approximate surface area is 173 Å². The second-order valence-corrected chi connectivity index (χ2v) is 9.39. The third-order valence-corrected chi connectivity index (χ3v) is 5.61. The molecular formula is C18H26F3N3O5S. The maximum Gasteiger partial charge on any atom is 0.490 e. The summed E-state index contributed by atoms with van der Waals surface area (Å²) in [5.41, 5.74) is 1.11. The summed E-state index contributed by atoms with van der Waals surface area (Å²) in [5.74, 6) is -2.76. The average molecular weight is 453 g/mol. The third-order valence-electron chi connectivity index (χ3n) is 4.92. The number of sulfonamides is 1. The smallest absolute Gasteiger partial charge is 0.475 e. The standard InChI is InChI=1S/C16H25N3O3S.C2HF3O2/c1-23(20,21)18-11-15-5-2-6-16(22-15)7-9-19(13-16)12-14-4-3-8-17-10-14;3-2(4,5)1(6)7/h3-4,8,10,15,18H,2,5-7,9,11-13H2,1H3;(H,6,7)/t15-,16+;/m0./s1. The quantitative estimate of drug-likeness (QED) is 0.700. The summed E-state index contributed by atoms with van der Waals surface area (Å²) in [6.45, 7) is 3.20. The van der Waals surface area contributed by atoms with Crippen LogP contribution in [0, 0.1) is 0 Å². The molecule has 0 bridgehead atoms. The van der Waals surface area contributed by atoms with Gasteiger partial charge in [0, 0.05) is 38.6 Å². The molecule has 2 saturated heterocycles. The van der Waals surface area contributed by atoms with Gasteiger partial charge in [0.25, 0.3) is 0 Å². The van der Waals surface area contributed by atoms with E-state index in [1.54, 1.807) is 6.20 Å².